The molecule has 0 radical (unpaired) electrons. The number of nitrogens with one attached hydrogen (secondary N) is 1. The minimum atomic E-state index is -0.628. The molecule has 0 bridgehead atoms. The van der Waals surface area contributed by atoms with Crippen LogP contribution in [0.4, 0.5) is 4.39 Å². The largest absolute Gasteiger partial charge is 0.345 e. The van der Waals surface area contributed by atoms with Crippen molar-refractivity contribution >= 4 is 5.91 Å². The van der Waals surface area contributed by atoms with Crippen LogP contribution in [0.5, 0.6) is 0 Å². The Morgan fingerprint density at radius 2 is 2.20 bits per heavy atom. The molecule has 0 aliphatic rings. The third kappa shape index (κ3) is 3.18. The predicted molar refractivity (Wildman–Crippen MR) is 71.2 cm³/mol. The van der Waals surface area contributed by atoms with E-state index in [1.807, 2.05) is 19.1 Å². The molecule has 0 spiro atoms. The Hall–Kier alpha value is -2.74. The molecule has 0 unspecified atom stereocenters. The van der Waals surface area contributed by atoms with E-state index in [0.29, 0.717) is 5.56 Å². The van der Waals surface area contributed by atoms with Gasteiger partial charge in [-0.2, -0.15) is 9.65 Å². The van der Waals surface area contributed by atoms with Gasteiger partial charge in [-0.15, -0.1) is 0 Å². The zero-order valence-electron chi connectivity index (χ0n) is 10.8. The van der Waals surface area contributed by atoms with Crippen molar-refractivity contribution in [2.75, 3.05) is 0 Å². The molecule has 4 nitrogen and oxygen atoms in total. The van der Waals surface area contributed by atoms with Crippen LogP contribution in [0, 0.1) is 17.3 Å². The molecule has 1 aromatic carbocycles. The monoisotopic (exact) mass is 269 g/mol. The van der Waals surface area contributed by atoms with E-state index < -0.39 is 5.95 Å². The van der Waals surface area contributed by atoms with Crippen LogP contribution in [0.2, 0.25) is 0 Å². The third-order valence-corrected chi connectivity index (χ3v) is 2.85. The normalized spacial score (nSPS) is 11.4. The van der Waals surface area contributed by atoms with Gasteiger partial charge in [0.15, 0.2) is 0 Å². The van der Waals surface area contributed by atoms with Crippen molar-refractivity contribution in [3.63, 3.8) is 0 Å². The van der Waals surface area contributed by atoms with Crippen molar-refractivity contribution in [1.82, 2.24) is 10.3 Å². The minimum absolute atomic E-state index is 0.263. The molecule has 1 aromatic heterocycles. The highest BCUT2D eigenvalue weighted by Crippen LogP contribution is 2.14. The van der Waals surface area contributed by atoms with Crippen LogP contribution in [-0.2, 0) is 0 Å². The Balaban J connectivity index is 2.11. The second kappa shape index (κ2) is 5.93. The van der Waals surface area contributed by atoms with Crippen LogP contribution in [0.25, 0.3) is 0 Å². The predicted octanol–water partition coefficient (Wildman–Crippen LogP) is 2.58. The van der Waals surface area contributed by atoms with E-state index in [9.17, 15) is 9.18 Å². The molecule has 2 aromatic rings. The Morgan fingerprint density at radius 3 is 2.85 bits per heavy atom. The average Bonchev–Trinajstić information content (AvgIpc) is 2.47. The van der Waals surface area contributed by atoms with Gasteiger partial charge in [-0.3, -0.25) is 4.79 Å². The fourth-order valence-corrected chi connectivity index (χ4v) is 1.75. The molecule has 0 aliphatic heterocycles. The summed E-state index contributed by atoms with van der Waals surface area (Å²) in [5.74, 6) is -0.969. The van der Waals surface area contributed by atoms with E-state index >= 15 is 0 Å². The van der Waals surface area contributed by atoms with Gasteiger partial charge in [0.1, 0.15) is 0 Å². The maximum absolute atomic E-state index is 12.7. The fraction of sp³-hybridized carbons (Fsp3) is 0.133. The van der Waals surface area contributed by atoms with Gasteiger partial charge in [-0.25, -0.2) is 4.98 Å². The van der Waals surface area contributed by atoms with Crippen LogP contribution in [0.15, 0.2) is 42.6 Å². The first-order valence-corrected chi connectivity index (χ1v) is 6.02. The molecular formula is C15H12FN3O. The van der Waals surface area contributed by atoms with Crippen molar-refractivity contribution in [3.05, 3.63) is 65.2 Å². The first kappa shape index (κ1) is 13.7. The standard InChI is InChI=1S/C15H12FN3O/c1-10(12-4-2-3-11(7-12)8-17)19-15(20)13-5-6-14(16)18-9-13/h2-7,9-10H,1H3,(H,19,20)/t10-/m1/s1. The number of benzene rings is 1. The molecular weight excluding hydrogens is 257 g/mol. The number of hydrogen-bond donors (Lipinski definition) is 1. The number of rotatable bonds is 3. The van der Waals surface area contributed by atoms with Crippen molar-refractivity contribution in [2.45, 2.75) is 13.0 Å². The fourth-order valence-electron chi connectivity index (χ4n) is 1.75. The summed E-state index contributed by atoms with van der Waals surface area (Å²) < 4.78 is 12.7. The summed E-state index contributed by atoms with van der Waals surface area (Å²) in [4.78, 5) is 15.4. The molecule has 5 heteroatoms. The van der Waals surface area contributed by atoms with E-state index in [4.69, 9.17) is 5.26 Å². The van der Waals surface area contributed by atoms with Gasteiger partial charge in [0.25, 0.3) is 5.91 Å². The number of nitrogens with zero attached hydrogens (tertiary/aromatic N) is 2. The van der Waals surface area contributed by atoms with Gasteiger partial charge in [-0.1, -0.05) is 12.1 Å². The molecule has 0 saturated carbocycles. The molecule has 20 heavy (non-hydrogen) atoms. The molecule has 0 saturated heterocycles. The van der Waals surface area contributed by atoms with Gasteiger partial charge in [0.2, 0.25) is 5.95 Å². The lowest BCUT2D eigenvalue weighted by molar-refractivity contribution is 0.0939. The second-order valence-corrected chi connectivity index (χ2v) is 4.30. The quantitative estimate of drug-likeness (QED) is 0.871. The average molecular weight is 269 g/mol. The van der Waals surface area contributed by atoms with Crippen LogP contribution >= 0.6 is 0 Å². The van der Waals surface area contributed by atoms with Gasteiger partial charge in [0, 0.05) is 6.20 Å². The maximum Gasteiger partial charge on any atom is 0.253 e. The lowest BCUT2D eigenvalue weighted by atomic mass is 10.1. The zero-order chi connectivity index (χ0) is 14.5. The summed E-state index contributed by atoms with van der Waals surface area (Å²) >= 11 is 0. The highest BCUT2D eigenvalue weighted by Gasteiger charge is 2.12. The van der Waals surface area contributed by atoms with Crippen molar-refractivity contribution in [3.8, 4) is 6.07 Å². The van der Waals surface area contributed by atoms with Crippen LogP contribution < -0.4 is 5.32 Å². The molecule has 100 valence electrons. The van der Waals surface area contributed by atoms with Crippen molar-refractivity contribution in [1.29, 1.82) is 5.26 Å². The summed E-state index contributed by atoms with van der Waals surface area (Å²) in [7, 11) is 0. The molecule has 0 aliphatic carbocycles. The number of carbonyl (C=O) groups is 1. The Labute approximate surface area is 115 Å². The Kier molecular flexibility index (Phi) is 4.06. The third-order valence-electron chi connectivity index (χ3n) is 2.85. The highest BCUT2D eigenvalue weighted by atomic mass is 19.1. The summed E-state index contributed by atoms with van der Waals surface area (Å²) in [6.07, 6.45) is 1.18. The molecule has 1 amide bonds. The molecule has 1 atom stereocenters. The Morgan fingerprint density at radius 1 is 1.40 bits per heavy atom. The number of carbonyl (C=O) groups excluding carboxylic acids is 1. The van der Waals surface area contributed by atoms with E-state index in [-0.39, 0.29) is 17.5 Å². The van der Waals surface area contributed by atoms with E-state index in [0.717, 1.165) is 11.6 Å². The summed E-state index contributed by atoms with van der Waals surface area (Å²) in [5, 5.41) is 11.6. The zero-order valence-corrected chi connectivity index (χ0v) is 10.8. The van der Waals surface area contributed by atoms with Crippen molar-refractivity contribution in [2.24, 2.45) is 0 Å². The Bertz CT molecular complexity index is 662. The van der Waals surface area contributed by atoms with Crippen LogP contribution in [0.3, 0.4) is 0 Å². The second-order valence-electron chi connectivity index (χ2n) is 4.30. The first-order chi connectivity index (χ1) is 9.60. The van der Waals surface area contributed by atoms with Gasteiger partial charge in [-0.05, 0) is 36.8 Å². The lowest BCUT2D eigenvalue weighted by Gasteiger charge is -2.14. The number of hydrogen-bond acceptors (Lipinski definition) is 3. The summed E-state index contributed by atoms with van der Waals surface area (Å²) in [5.41, 5.74) is 1.65. The summed E-state index contributed by atoms with van der Waals surface area (Å²) in [6, 6.07) is 11.3. The van der Waals surface area contributed by atoms with Crippen LogP contribution in [0.1, 0.15) is 34.5 Å². The number of aromatic nitrogens is 1. The minimum Gasteiger partial charge on any atom is -0.345 e. The molecule has 1 heterocycles. The molecule has 0 fully saturated rings. The number of pyridine rings is 1. The van der Waals surface area contributed by atoms with Gasteiger partial charge in [0.05, 0.1) is 23.2 Å². The van der Waals surface area contributed by atoms with E-state index in [1.165, 1.54) is 12.3 Å². The van der Waals surface area contributed by atoms with E-state index in [2.05, 4.69) is 10.3 Å². The van der Waals surface area contributed by atoms with Gasteiger partial charge < -0.3 is 5.32 Å². The first-order valence-electron chi connectivity index (χ1n) is 6.02. The number of nitriles is 1. The smallest absolute Gasteiger partial charge is 0.253 e. The van der Waals surface area contributed by atoms with Crippen molar-refractivity contribution < 1.29 is 9.18 Å². The SMILES string of the molecule is C[C@@H](NC(=O)c1ccc(F)nc1)c1cccc(C#N)c1. The van der Waals surface area contributed by atoms with E-state index in [1.54, 1.807) is 18.2 Å². The topological polar surface area (TPSA) is 65.8 Å². The highest BCUT2D eigenvalue weighted by molar-refractivity contribution is 5.94. The maximum atomic E-state index is 12.7. The van der Waals surface area contributed by atoms with Gasteiger partial charge >= 0.3 is 0 Å². The number of halogens is 1. The lowest BCUT2D eigenvalue weighted by Crippen LogP contribution is -2.26. The molecule has 2 rings (SSSR count). The molecule has 1 N–H and O–H groups in total. The summed E-state index contributed by atoms with van der Waals surface area (Å²) in [6.45, 7) is 1.81. The van der Waals surface area contributed by atoms with Crippen LogP contribution in [-0.4, -0.2) is 10.9 Å². The number of amides is 1.